The number of hydrogen-bond acceptors (Lipinski definition) is 5. The van der Waals surface area contributed by atoms with Gasteiger partial charge >= 0.3 is 0 Å². The van der Waals surface area contributed by atoms with Crippen molar-refractivity contribution in [3.05, 3.63) is 77.1 Å². The summed E-state index contributed by atoms with van der Waals surface area (Å²) in [4.78, 5) is 12.4. The number of rotatable bonds is 10. The van der Waals surface area contributed by atoms with Gasteiger partial charge in [0.15, 0.2) is 11.0 Å². The molecule has 0 aliphatic heterocycles. The fourth-order valence-corrected chi connectivity index (χ4v) is 3.80. The first-order chi connectivity index (χ1) is 15.0. The molecule has 0 saturated carbocycles. The standard InChI is InChI=1S/C23H25ClN4O2S/c1-4-12-28-21(14-30-19-10-7-17(5-2)8-11-19)26-27-23(28)31-15-22(29)25-20-13-18(24)9-6-16(20)3/h4,6-11,13H,1,5,12,14-15H2,2-3H3,(H,25,29). The van der Waals surface area contributed by atoms with E-state index in [-0.39, 0.29) is 18.3 Å². The average molecular weight is 457 g/mol. The van der Waals surface area contributed by atoms with Crippen LogP contribution in [0.15, 0.2) is 60.3 Å². The van der Waals surface area contributed by atoms with Crippen molar-refractivity contribution in [2.75, 3.05) is 11.1 Å². The van der Waals surface area contributed by atoms with Crippen molar-refractivity contribution in [3.63, 3.8) is 0 Å². The maximum Gasteiger partial charge on any atom is 0.234 e. The quantitative estimate of drug-likeness (QED) is 0.331. The van der Waals surface area contributed by atoms with Gasteiger partial charge in [-0.1, -0.05) is 54.6 Å². The molecule has 6 nitrogen and oxygen atoms in total. The number of benzene rings is 2. The van der Waals surface area contributed by atoms with Gasteiger partial charge in [-0.25, -0.2) is 0 Å². The average Bonchev–Trinajstić information content (AvgIpc) is 3.15. The maximum absolute atomic E-state index is 12.4. The van der Waals surface area contributed by atoms with Crippen LogP contribution in [0.4, 0.5) is 5.69 Å². The van der Waals surface area contributed by atoms with E-state index in [1.165, 1.54) is 17.3 Å². The monoisotopic (exact) mass is 456 g/mol. The normalized spacial score (nSPS) is 10.7. The molecule has 0 fully saturated rings. The van der Waals surface area contributed by atoms with E-state index in [0.29, 0.717) is 28.2 Å². The molecule has 1 heterocycles. The van der Waals surface area contributed by atoms with Crippen molar-refractivity contribution in [2.45, 2.75) is 38.6 Å². The second kappa shape index (κ2) is 11.0. The molecule has 0 aliphatic rings. The first kappa shape index (κ1) is 22.9. The molecular formula is C23H25ClN4O2S. The zero-order valence-electron chi connectivity index (χ0n) is 17.6. The minimum Gasteiger partial charge on any atom is -0.486 e. The third-order valence-electron chi connectivity index (χ3n) is 4.61. The highest BCUT2D eigenvalue weighted by atomic mass is 35.5. The SMILES string of the molecule is C=CCn1c(COc2ccc(CC)cc2)nnc1SCC(=O)Nc1cc(Cl)ccc1C. The molecule has 3 aromatic rings. The van der Waals surface area contributed by atoms with Crippen molar-refractivity contribution in [1.82, 2.24) is 14.8 Å². The smallest absolute Gasteiger partial charge is 0.234 e. The Hall–Kier alpha value is -2.77. The molecule has 0 unspecified atom stereocenters. The van der Waals surface area contributed by atoms with E-state index in [0.717, 1.165) is 17.7 Å². The summed E-state index contributed by atoms with van der Waals surface area (Å²) >= 11 is 7.33. The first-order valence-electron chi connectivity index (χ1n) is 9.93. The Morgan fingerprint density at radius 3 is 2.74 bits per heavy atom. The molecular weight excluding hydrogens is 432 g/mol. The summed E-state index contributed by atoms with van der Waals surface area (Å²) in [5, 5.41) is 12.6. The largest absolute Gasteiger partial charge is 0.486 e. The molecule has 0 bridgehead atoms. The number of amides is 1. The van der Waals surface area contributed by atoms with E-state index in [1.54, 1.807) is 18.2 Å². The van der Waals surface area contributed by atoms with Gasteiger partial charge in [-0.3, -0.25) is 9.36 Å². The van der Waals surface area contributed by atoms with E-state index in [1.807, 2.05) is 41.8 Å². The van der Waals surface area contributed by atoms with E-state index in [4.69, 9.17) is 16.3 Å². The summed E-state index contributed by atoms with van der Waals surface area (Å²) in [6.45, 7) is 8.64. The Labute approximate surface area is 191 Å². The number of allylic oxidation sites excluding steroid dienone is 1. The molecule has 31 heavy (non-hydrogen) atoms. The Balaban J connectivity index is 1.61. The van der Waals surface area contributed by atoms with Crippen LogP contribution in [-0.4, -0.2) is 26.4 Å². The van der Waals surface area contributed by atoms with E-state index in [2.05, 4.69) is 29.0 Å². The van der Waals surface area contributed by atoms with Crippen LogP contribution in [0.1, 0.15) is 23.9 Å². The Kier molecular flexibility index (Phi) is 8.14. The van der Waals surface area contributed by atoms with Gasteiger partial charge in [0, 0.05) is 17.3 Å². The summed E-state index contributed by atoms with van der Waals surface area (Å²) in [6.07, 6.45) is 2.75. The van der Waals surface area contributed by atoms with Crippen LogP contribution < -0.4 is 10.1 Å². The number of hydrogen-bond donors (Lipinski definition) is 1. The Bertz CT molecular complexity index is 1050. The number of anilines is 1. The fourth-order valence-electron chi connectivity index (χ4n) is 2.86. The van der Waals surface area contributed by atoms with Gasteiger partial charge in [0.25, 0.3) is 0 Å². The van der Waals surface area contributed by atoms with Crippen LogP contribution in [0.3, 0.4) is 0 Å². The number of ether oxygens (including phenoxy) is 1. The third kappa shape index (κ3) is 6.35. The fraction of sp³-hybridized carbons (Fsp3) is 0.261. The van der Waals surface area contributed by atoms with Crippen molar-refractivity contribution in [1.29, 1.82) is 0 Å². The lowest BCUT2D eigenvalue weighted by Gasteiger charge is -2.10. The molecule has 0 aliphatic carbocycles. The summed E-state index contributed by atoms with van der Waals surface area (Å²) in [5.74, 6) is 1.50. The number of carbonyl (C=O) groups excluding carboxylic acids is 1. The number of nitrogens with one attached hydrogen (secondary N) is 1. The van der Waals surface area contributed by atoms with Gasteiger partial charge < -0.3 is 10.1 Å². The summed E-state index contributed by atoms with van der Waals surface area (Å²) in [5.41, 5.74) is 2.91. The molecule has 1 N–H and O–H groups in total. The highest BCUT2D eigenvalue weighted by Crippen LogP contribution is 2.22. The predicted molar refractivity (Wildman–Crippen MR) is 126 cm³/mol. The minimum absolute atomic E-state index is 0.141. The van der Waals surface area contributed by atoms with Crippen molar-refractivity contribution in [2.24, 2.45) is 0 Å². The van der Waals surface area contributed by atoms with Crippen molar-refractivity contribution in [3.8, 4) is 5.75 Å². The second-order valence-electron chi connectivity index (χ2n) is 6.88. The molecule has 1 amide bonds. The number of nitrogens with zero attached hydrogens (tertiary/aromatic N) is 3. The zero-order chi connectivity index (χ0) is 22.2. The Morgan fingerprint density at radius 2 is 2.03 bits per heavy atom. The van der Waals surface area contributed by atoms with Gasteiger partial charge in [-0.15, -0.1) is 16.8 Å². The molecule has 0 spiro atoms. The molecule has 0 radical (unpaired) electrons. The van der Waals surface area contributed by atoms with Crippen LogP contribution in [0.2, 0.25) is 5.02 Å². The summed E-state index contributed by atoms with van der Waals surface area (Å²) < 4.78 is 7.76. The highest BCUT2D eigenvalue weighted by Gasteiger charge is 2.15. The number of thioether (sulfide) groups is 1. The van der Waals surface area contributed by atoms with Gasteiger partial charge in [-0.2, -0.15) is 0 Å². The van der Waals surface area contributed by atoms with E-state index in [9.17, 15) is 4.79 Å². The van der Waals surface area contributed by atoms with Crippen LogP contribution in [0.5, 0.6) is 5.75 Å². The topological polar surface area (TPSA) is 69.0 Å². The molecule has 0 atom stereocenters. The molecule has 1 aromatic heterocycles. The lowest BCUT2D eigenvalue weighted by molar-refractivity contribution is -0.113. The van der Waals surface area contributed by atoms with Gasteiger partial charge in [0.05, 0.1) is 5.75 Å². The van der Waals surface area contributed by atoms with Gasteiger partial charge in [-0.05, 0) is 48.7 Å². The van der Waals surface area contributed by atoms with Crippen molar-refractivity contribution < 1.29 is 9.53 Å². The summed E-state index contributed by atoms with van der Waals surface area (Å²) in [6, 6.07) is 13.4. The second-order valence-corrected chi connectivity index (χ2v) is 8.26. The van der Waals surface area contributed by atoms with Gasteiger partial charge in [0.2, 0.25) is 5.91 Å². The van der Waals surface area contributed by atoms with Gasteiger partial charge in [0.1, 0.15) is 12.4 Å². The van der Waals surface area contributed by atoms with E-state index < -0.39 is 0 Å². The Morgan fingerprint density at radius 1 is 1.26 bits per heavy atom. The third-order valence-corrected chi connectivity index (χ3v) is 5.81. The lowest BCUT2D eigenvalue weighted by Crippen LogP contribution is -2.15. The number of aromatic nitrogens is 3. The lowest BCUT2D eigenvalue weighted by atomic mass is 10.2. The molecule has 8 heteroatoms. The number of carbonyl (C=O) groups is 1. The molecule has 3 rings (SSSR count). The maximum atomic E-state index is 12.4. The van der Waals surface area contributed by atoms with Crippen LogP contribution in [-0.2, 0) is 24.4 Å². The van der Waals surface area contributed by atoms with E-state index >= 15 is 0 Å². The van der Waals surface area contributed by atoms with Crippen LogP contribution >= 0.6 is 23.4 Å². The predicted octanol–water partition coefficient (Wildman–Crippen LogP) is 5.30. The molecule has 2 aromatic carbocycles. The molecule has 0 saturated heterocycles. The zero-order valence-corrected chi connectivity index (χ0v) is 19.2. The van der Waals surface area contributed by atoms with Crippen LogP contribution in [0.25, 0.3) is 0 Å². The first-order valence-corrected chi connectivity index (χ1v) is 11.3. The number of aryl methyl sites for hydroxylation is 2. The molecule has 162 valence electrons. The number of halogens is 1. The van der Waals surface area contributed by atoms with Crippen LogP contribution in [0, 0.1) is 6.92 Å². The summed E-state index contributed by atoms with van der Waals surface area (Å²) in [7, 11) is 0. The highest BCUT2D eigenvalue weighted by molar-refractivity contribution is 7.99. The minimum atomic E-state index is -0.141. The van der Waals surface area contributed by atoms with Crippen molar-refractivity contribution >= 4 is 35.0 Å².